The molecule has 0 aliphatic rings. The lowest BCUT2D eigenvalue weighted by atomic mass is 9.88. The van der Waals surface area contributed by atoms with Crippen molar-refractivity contribution in [3.63, 3.8) is 0 Å². The Kier molecular flexibility index (Phi) is 4.58. The van der Waals surface area contributed by atoms with E-state index in [1.54, 1.807) is 0 Å². The van der Waals surface area contributed by atoms with E-state index in [-0.39, 0.29) is 5.41 Å². The molecule has 0 aliphatic heterocycles. The largest absolute Gasteiger partial charge is 0.374 e. The van der Waals surface area contributed by atoms with E-state index in [2.05, 4.69) is 57.8 Å². The number of rotatable bonds is 5. The van der Waals surface area contributed by atoms with Crippen LogP contribution < -0.4 is 10.6 Å². The van der Waals surface area contributed by atoms with E-state index < -0.39 is 0 Å². The Morgan fingerprint density at radius 1 is 1.18 bits per heavy atom. The van der Waals surface area contributed by atoms with Crippen LogP contribution in [0.2, 0.25) is 0 Å². The van der Waals surface area contributed by atoms with Gasteiger partial charge in [-0.25, -0.2) is 0 Å². The van der Waals surface area contributed by atoms with E-state index in [4.69, 9.17) is 5.73 Å². The lowest BCUT2D eigenvalue weighted by Gasteiger charge is -2.31. The van der Waals surface area contributed by atoms with Crippen LogP contribution in [0.5, 0.6) is 0 Å². The van der Waals surface area contributed by atoms with Crippen molar-refractivity contribution in [3.05, 3.63) is 29.3 Å². The zero-order chi connectivity index (χ0) is 13.1. The third kappa shape index (κ3) is 4.04. The van der Waals surface area contributed by atoms with Crippen molar-refractivity contribution in [2.45, 2.75) is 34.1 Å². The van der Waals surface area contributed by atoms with Gasteiger partial charge in [-0.05, 0) is 55.5 Å². The van der Waals surface area contributed by atoms with Gasteiger partial charge in [0.2, 0.25) is 0 Å². The van der Waals surface area contributed by atoms with Crippen molar-refractivity contribution in [2.24, 2.45) is 11.1 Å². The average Bonchev–Trinajstić information content (AvgIpc) is 2.21. The molecule has 0 unspecified atom stereocenters. The van der Waals surface area contributed by atoms with E-state index >= 15 is 0 Å². The van der Waals surface area contributed by atoms with Gasteiger partial charge in [0.05, 0.1) is 0 Å². The van der Waals surface area contributed by atoms with E-state index in [0.717, 1.165) is 19.5 Å². The molecule has 1 aromatic carbocycles. The highest BCUT2D eigenvalue weighted by Gasteiger charge is 2.19. The SMILES string of the molecule is Cc1ccc(N(C)CC(C)(C)CCN)cc1C. The summed E-state index contributed by atoms with van der Waals surface area (Å²) in [6, 6.07) is 6.64. The highest BCUT2D eigenvalue weighted by Crippen LogP contribution is 2.25. The van der Waals surface area contributed by atoms with E-state index in [9.17, 15) is 0 Å². The fourth-order valence-corrected chi connectivity index (χ4v) is 2.17. The van der Waals surface area contributed by atoms with Gasteiger partial charge in [-0.3, -0.25) is 0 Å². The maximum atomic E-state index is 5.65. The molecule has 0 aliphatic carbocycles. The second-order valence-electron chi connectivity index (χ2n) is 5.83. The minimum atomic E-state index is 0.266. The van der Waals surface area contributed by atoms with Crippen molar-refractivity contribution < 1.29 is 0 Å². The first-order valence-corrected chi connectivity index (χ1v) is 6.34. The van der Waals surface area contributed by atoms with Crippen LogP contribution in [0.3, 0.4) is 0 Å². The van der Waals surface area contributed by atoms with Crippen LogP contribution in [0, 0.1) is 19.3 Å². The average molecular weight is 234 g/mol. The number of aryl methyl sites for hydroxylation is 2. The molecule has 1 rings (SSSR count). The van der Waals surface area contributed by atoms with Gasteiger partial charge in [0.15, 0.2) is 0 Å². The molecule has 0 spiro atoms. The number of benzene rings is 1. The van der Waals surface area contributed by atoms with E-state index in [1.807, 2.05) is 0 Å². The second kappa shape index (κ2) is 5.54. The Morgan fingerprint density at radius 3 is 2.35 bits per heavy atom. The minimum Gasteiger partial charge on any atom is -0.374 e. The Morgan fingerprint density at radius 2 is 1.82 bits per heavy atom. The van der Waals surface area contributed by atoms with Crippen LogP contribution in [-0.4, -0.2) is 20.1 Å². The first kappa shape index (κ1) is 14.0. The summed E-state index contributed by atoms with van der Waals surface area (Å²) in [4.78, 5) is 2.32. The molecule has 0 atom stereocenters. The standard InChI is InChI=1S/C15H26N2/c1-12-6-7-14(10-13(12)2)17(5)11-15(3,4)8-9-16/h6-7,10H,8-9,11,16H2,1-5H3. The molecule has 0 saturated carbocycles. The zero-order valence-corrected chi connectivity index (χ0v) is 11.9. The molecule has 17 heavy (non-hydrogen) atoms. The summed E-state index contributed by atoms with van der Waals surface area (Å²) in [5.41, 5.74) is 9.91. The van der Waals surface area contributed by atoms with E-state index in [0.29, 0.717) is 0 Å². The van der Waals surface area contributed by atoms with Gasteiger partial charge in [-0.15, -0.1) is 0 Å². The lowest BCUT2D eigenvalue weighted by Crippen LogP contribution is -2.33. The maximum Gasteiger partial charge on any atom is 0.0366 e. The molecule has 96 valence electrons. The van der Waals surface area contributed by atoms with Crippen molar-refractivity contribution >= 4 is 5.69 Å². The van der Waals surface area contributed by atoms with Crippen LogP contribution in [0.25, 0.3) is 0 Å². The Bertz CT molecular complexity index is 369. The number of nitrogens with two attached hydrogens (primary N) is 1. The van der Waals surface area contributed by atoms with Gasteiger partial charge in [0.1, 0.15) is 0 Å². The summed E-state index contributed by atoms with van der Waals surface area (Å²) in [7, 11) is 2.16. The van der Waals surface area contributed by atoms with Gasteiger partial charge in [-0.2, -0.15) is 0 Å². The monoisotopic (exact) mass is 234 g/mol. The predicted molar refractivity (Wildman–Crippen MR) is 76.6 cm³/mol. The molecule has 2 heteroatoms. The fourth-order valence-electron chi connectivity index (χ4n) is 2.17. The summed E-state index contributed by atoms with van der Waals surface area (Å²) in [5.74, 6) is 0. The van der Waals surface area contributed by atoms with Crippen LogP contribution in [0.1, 0.15) is 31.4 Å². The number of anilines is 1. The predicted octanol–water partition coefficient (Wildman–Crippen LogP) is 3.11. The summed E-state index contributed by atoms with van der Waals surface area (Å²) < 4.78 is 0. The zero-order valence-electron chi connectivity index (χ0n) is 11.9. The van der Waals surface area contributed by atoms with Crippen LogP contribution in [0.4, 0.5) is 5.69 Å². The first-order valence-electron chi connectivity index (χ1n) is 6.34. The van der Waals surface area contributed by atoms with Gasteiger partial charge < -0.3 is 10.6 Å². The van der Waals surface area contributed by atoms with Crippen LogP contribution in [-0.2, 0) is 0 Å². The normalized spacial score (nSPS) is 11.6. The van der Waals surface area contributed by atoms with Crippen molar-refractivity contribution in [3.8, 4) is 0 Å². The number of nitrogens with zero attached hydrogens (tertiary/aromatic N) is 1. The summed E-state index contributed by atoms with van der Waals surface area (Å²) in [6.45, 7) is 10.7. The van der Waals surface area contributed by atoms with E-state index in [1.165, 1.54) is 16.8 Å². The molecule has 2 N–H and O–H groups in total. The van der Waals surface area contributed by atoms with Gasteiger partial charge >= 0.3 is 0 Å². The molecule has 0 bridgehead atoms. The number of hydrogen-bond donors (Lipinski definition) is 1. The van der Waals surface area contributed by atoms with Crippen LogP contribution in [0.15, 0.2) is 18.2 Å². The maximum absolute atomic E-state index is 5.65. The topological polar surface area (TPSA) is 29.3 Å². The van der Waals surface area contributed by atoms with Crippen molar-refractivity contribution in [2.75, 3.05) is 25.0 Å². The minimum absolute atomic E-state index is 0.266. The Hall–Kier alpha value is -1.02. The molecule has 0 radical (unpaired) electrons. The number of hydrogen-bond acceptors (Lipinski definition) is 2. The molecule has 0 amide bonds. The summed E-state index contributed by atoms with van der Waals surface area (Å²) >= 11 is 0. The molecule has 2 nitrogen and oxygen atoms in total. The summed E-state index contributed by atoms with van der Waals surface area (Å²) in [5, 5.41) is 0. The smallest absolute Gasteiger partial charge is 0.0366 e. The van der Waals surface area contributed by atoms with Crippen molar-refractivity contribution in [1.29, 1.82) is 0 Å². The molecule has 0 saturated heterocycles. The lowest BCUT2D eigenvalue weighted by molar-refractivity contribution is 0.347. The highest BCUT2D eigenvalue weighted by atomic mass is 15.1. The molecular weight excluding hydrogens is 208 g/mol. The summed E-state index contributed by atoms with van der Waals surface area (Å²) in [6.07, 6.45) is 1.06. The van der Waals surface area contributed by atoms with Crippen molar-refractivity contribution in [1.82, 2.24) is 0 Å². The van der Waals surface area contributed by atoms with Gasteiger partial charge in [-0.1, -0.05) is 19.9 Å². The first-order chi connectivity index (χ1) is 7.85. The second-order valence-corrected chi connectivity index (χ2v) is 5.83. The molecule has 0 heterocycles. The van der Waals surface area contributed by atoms with Crippen LogP contribution >= 0.6 is 0 Å². The molecule has 0 fully saturated rings. The van der Waals surface area contributed by atoms with Gasteiger partial charge in [0.25, 0.3) is 0 Å². The third-order valence-electron chi connectivity index (χ3n) is 3.42. The quantitative estimate of drug-likeness (QED) is 0.848. The van der Waals surface area contributed by atoms with Gasteiger partial charge in [0, 0.05) is 19.3 Å². The molecular formula is C15H26N2. The fraction of sp³-hybridized carbons (Fsp3) is 0.600. The molecule has 0 aromatic heterocycles. The highest BCUT2D eigenvalue weighted by molar-refractivity contribution is 5.50. The Balaban J connectivity index is 2.76. The third-order valence-corrected chi connectivity index (χ3v) is 3.42. The molecule has 1 aromatic rings. The Labute approximate surface area is 106 Å².